The molecule has 0 amide bonds. The molecule has 2 saturated heterocycles. The summed E-state index contributed by atoms with van der Waals surface area (Å²) in [6.45, 7) is 4.88. The summed E-state index contributed by atoms with van der Waals surface area (Å²) in [5.74, 6) is 1.32. The van der Waals surface area contributed by atoms with Crippen molar-refractivity contribution in [3.05, 3.63) is 71.8 Å². The second-order valence-corrected chi connectivity index (χ2v) is 8.25. The fourth-order valence-corrected chi connectivity index (χ4v) is 4.68. The van der Waals surface area contributed by atoms with Crippen LogP contribution in [0.2, 0.25) is 0 Å². The van der Waals surface area contributed by atoms with Gasteiger partial charge in [0.25, 0.3) is 0 Å². The van der Waals surface area contributed by atoms with E-state index in [0.717, 1.165) is 32.1 Å². The van der Waals surface area contributed by atoms with Gasteiger partial charge in [0.1, 0.15) is 0 Å². The standard InChI is InChI=1S/C25H34N4O/c1-26-25(27-18-22-14-17-30-24(22)21-12-6-3-7-13-21)28-19-23(29-15-8-9-16-29)20-10-4-2-5-11-20/h2-7,10-13,22-24H,8-9,14-19H2,1H3,(H2,26,27,28). The molecular weight excluding hydrogens is 372 g/mol. The van der Waals surface area contributed by atoms with E-state index < -0.39 is 0 Å². The number of guanidine groups is 1. The number of rotatable bonds is 7. The minimum atomic E-state index is 0.165. The van der Waals surface area contributed by atoms with Crippen LogP contribution in [0.4, 0.5) is 0 Å². The van der Waals surface area contributed by atoms with Gasteiger partial charge in [0.2, 0.25) is 0 Å². The third kappa shape index (κ3) is 5.21. The van der Waals surface area contributed by atoms with E-state index in [0.29, 0.717) is 12.0 Å². The van der Waals surface area contributed by atoms with Crippen molar-refractivity contribution in [3.63, 3.8) is 0 Å². The maximum Gasteiger partial charge on any atom is 0.191 e. The fourth-order valence-electron chi connectivity index (χ4n) is 4.68. The van der Waals surface area contributed by atoms with Crippen molar-refractivity contribution in [2.45, 2.75) is 31.4 Å². The summed E-state index contributed by atoms with van der Waals surface area (Å²) in [6, 6.07) is 21.8. The largest absolute Gasteiger partial charge is 0.373 e. The first-order chi connectivity index (χ1) is 14.8. The van der Waals surface area contributed by atoms with Crippen LogP contribution in [0.5, 0.6) is 0 Å². The summed E-state index contributed by atoms with van der Waals surface area (Å²) in [5, 5.41) is 7.13. The van der Waals surface area contributed by atoms with Gasteiger partial charge in [-0.15, -0.1) is 0 Å². The van der Waals surface area contributed by atoms with E-state index in [1.165, 1.54) is 37.1 Å². The van der Waals surface area contributed by atoms with Gasteiger partial charge >= 0.3 is 0 Å². The van der Waals surface area contributed by atoms with Crippen LogP contribution in [0.15, 0.2) is 65.7 Å². The van der Waals surface area contributed by atoms with Crippen molar-refractivity contribution in [1.29, 1.82) is 0 Å². The Morgan fingerprint density at radius 1 is 1.03 bits per heavy atom. The quantitative estimate of drug-likeness (QED) is 0.543. The number of aliphatic imine (C=N–C) groups is 1. The van der Waals surface area contributed by atoms with Crippen molar-refractivity contribution in [3.8, 4) is 0 Å². The van der Waals surface area contributed by atoms with E-state index in [-0.39, 0.29) is 6.10 Å². The number of nitrogens with zero attached hydrogens (tertiary/aromatic N) is 2. The lowest BCUT2D eigenvalue weighted by Crippen LogP contribution is -2.44. The summed E-state index contributed by atoms with van der Waals surface area (Å²) < 4.78 is 6.03. The van der Waals surface area contributed by atoms with Crippen LogP contribution in [-0.4, -0.2) is 50.7 Å². The number of likely N-dealkylation sites (tertiary alicyclic amines) is 1. The maximum atomic E-state index is 6.03. The number of benzene rings is 2. The summed E-state index contributed by atoms with van der Waals surface area (Å²) >= 11 is 0. The highest BCUT2D eigenvalue weighted by Gasteiger charge is 2.29. The van der Waals surface area contributed by atoms with Gasteiger partial charge in [0.15, 0.2) is 5.96 Å². The van der Waals surface area contributed by atoms with E-state index in [4.69, 9.17) is 4.74 Å². The molecule has 160 valence electrons. The summed E-state index contributed by atoms with van der Waals surface area (Å²) in [7, 11) is 1.85. The molecule has 5 nitrogen and oxygen atoms in total. The average Bonchev–Trinajstić information content (AvgIpc) is 3.50. The van der Waals surface area contributed by atoms with Crippen LogP contribution in [0.25, 0.3) is 0 Å². The molecule has 3 unspecified atom stereocenters. The Hall–Kier alpha value is -2.37. The van der Waals surface area contributed by atoms with E-state index in [2.05, 4.69) is 81.2 Å². The molecular formula is C25H34N4O. The van der Waals surface area contributed by atoms with Gasteiger partial charge < -0.3 is 15.4 Å². The minimum Gasteiger partial charge on any atom is -0.373 e. The zero-order chi connectivity index (χ0) is 20.6. The zero-order valence-electron chi connectivity index (χ0n) is 18.0. The summed E-state index contributed by atoms with van der Waals surface area (Å²) in [5.41, 5.74) is 2.64. The van der Waals surface area contributed by atoms with Gasteiger partial charge in [0, 0.05) is 32.7 Å². The number of hydrogen-bond acceptors (Lipinski definition) is 3. The molecule has 2 heterocycles. The van der Waals surface area contributed by atoms with Crippen molar-refractivity contribution in [1.82, 2.24) is 15.5 Å². The molecule has 0 spiro atoms. The van der Waals surface area contributed by atoms with E-state index >= 15 is 0 Å². The molecule has 2 aromatic carbocycles. The summed E-state index contributed by atoms with van der Waals surface area (Å²) in [4.78, 5) is 7.06. The first-order valence-electron chi connectivity index (χ1n) is 11.2. The van der Waals surface area contributed by atoms with E-state index in [1.807, 2.05) is 7.05 Å². The fraction of sp³-hybridized carbons (Fsp3) is 0.480. The lowest BCUT2D eigenvalue weighted by atomic mass is 9.95. The Kier molecular flexibility index (Phi) is 7.38. The zero-order valence-corrected chi connectivity index (χ0v) is 18.0. The Bertz CT molecular complexity index is 789. The molecule has 3 atom stereocenters. The van der Waals surface area contributed by atoms with E-state index in [9.17, 15) is 0 Å². The lowest BCUT2D eigenvalue weighted by Gasteiger charge is -2.29. The van der Waals surface area contributed by atoms with Gasteiger partial charge in [-0.25, -0.2) is 0 Å². The van der Waals surface area contributed by atoms with Crippen LogP contribution in [0.1, 0.15) is 42.5 Å². The molecule has 0 bridgehead atoms. The van der Waals surface area contributed by atoms with Gasteiger partial charge in [-0.3, -0.25) is 9.89 Å². The molecule has 0 aromatic heterocycles. The normalized spacial score (nSPS) is 23.4. The second-order valence-electron chi connectivity index (χ2n) is 8.25. The van der Waals surface area contributed by atoms with Gasteiger partial charge in [-0.1, -0.05) is 60.7 Å². The molecule has 2 fully saturated rings. The van der Waals surface area contributed by atoms with Crippen LogP contribution in [-0.2, 0) is 4.74 Å². The predicted octanol–water partition coefficient (Wildman–Crippen LogP) is 3.77. The van der Waals surface area contributed by atoms with Gasteiger partial charge in [0.05, 0.1) is 12.1 Å². The summed E-state index contributed by atoms with van der Waals surface area (Å²) in [6.07, 6.45) is 3.82. The molecule has 0 saturated carbocycles. The van der Waals surface area contributed by atoms with Gasteiger partial charge in [-0.2, -0.15) is 0 Å². The second kappa shape index (κ2) is 10.6. The molecule has 0 aliphatic carbocycles. The monoisotopic (exact) mass is 406 g/mol. The molecule has 30 heavy (non-hydrogen) atoms. The Balaban J connectivity index is 1.34. The predicted molar refractivity (Wildman–Crippen MR) is 123 cm³/mol. The highest BCUT2D eigenvalue weighted by Crippen LogP contribution is 2.33. The lowest BCUT2D eigenvalue weighted by molar-refractivity contribution is 0.0915. The van der Waals surface area contributed by atoms with Crippen LogP contribution in [0.3, 0.4) is 0 Å². The molecule has 2 N–H and O–H groups in total. The third-order valence-electron chi connectivity index (χ3n) is 6.33. The number of nitrogens with one attached hydrogen (secondary N) is 2. The maximum absolute atomic E-state index is 6.03. The average molecular weight is 407 g/mol. The number of ether oxygens (including phenoxy) is 1. The van der Waals surface area contributed by atoms with Crippen molar-refractivity contribution in [2.24, 2.45) is 10.9 Å². The Morgan fingerprint density at radius 3 is 2.43 bits per heavy atom. The van der Waals surface area contributed by atoms with Crippen molar-refractivity contribution in [2.75, 3.05) is 39.8 Å². The van der Waals surface area contributed by atoms with Crippen LogP contribution in [0, 0.1) is 5.92 Å². The first kappa shape index (κ1) is 20.9. The topological polar surface area (TPSA) is 48.9 Å². The Morgan fingerprint density at radius 2 is 1.73 bits per heavy atom. The van der Waals surface area contributed by atoms with Crippen molar-refractivity contribution >= 4 is 5.96 Å². The SMILES string of the molecule is CN=C(NCC1CCOC1c1ccccc1)NCC(c1ccccc1)N1CCCC1. The van der Waals surface area contributed by atoms with E-state index in [1.54, 1.807) is 0 Å². The molecule has 4 rings (SSSR count). The molecule has 2 aromatic rings. The van der Waals surface area contributed by atoms with Crippen molar-refractivity contribution < 1.29 is 4.74 Å². The Labute approximate surface area is 180 Å². The molecule has 2 aliphatic heterocycles. The molecule has 0 radical (unpaired) electrons. The first-order valence-corrected chi connectivity index (χ1v) is 11.2. The molecule has 5 heteroatoms. The molecule has 2 aliphatic rings. The third-order valence-corrected chi connectivity index (χ3v) is 6.33. The van der Waals surface area contributed by atoms with Gasteiger partial charge in [-0.05, 0) is 43.5 Å². The number of hydrogen-bond donors (Lipinski definition) is 2. The van der Waals surface area contributed by atoms with Crippen LogP contribution < -0.4 is 10.6 Å². The van der Waals surface area contributed by atoms with Crippen LogP contribution >= 0.6 is 0 Å². The smallest absolute Gasteiger partial charge is 0.191 e. The highest BCUT2D eigenvalue weighted by atomic mass is 16.5. The highest BCUT2D eigenvalue weighted by molar-refractivity contribution is 5.79. The minimum absolute atomic E-state index is 0.165.